The van der Waals surface area contributed by atoms with Gasteiger partial charge in [-0.15, -0.1) is 0 Å². The Morgan fingerprint density at radius 3 is 2.83 bits per heavy atom. The lowest BCUT2D eigenvalue weighted by Gasteiger charge is -2.19. The summed E-state index contributed by atoms with van der Waals surface area (Å²) in [7, 11) is 0. The molecule has 1 amide bonds. The summed E-state index contributed by atoms with van der Waals surface area (Å²) in [6.45, 7) is 5.61. The van der Waals surface area contributed by atoms with Gasteiger partial charge >= 0.3 is 0 Å². The van der Waals surface area contributed by atoms with Gasteiger partial charge in [0.2, 0.25) is 0 Å². The van der Waals surface area contributed by atoms with Gasteiger partial charge in [0, 0.05) is 19.6 Å². The third-order valence-electron chi connectivity index (χ3n) is 3.08. The van der Waals surface area contributed by atoms with Crippen molar-refractivity contribution in [2.45, 2.75) is 13.3 Å². The van der Waals surface area contributed by atoms with E-state index in [-0.39, 0.29) is 12.5 Å². The Balaban J connectivity index is 1.81. The van der Waals surface area contributed by atoms with Crippen LogP contribution in [0.5, 0.6) is 5.75 Å². The molecule has 0 bridgehead atoms. The van der Waals surface area contributed by atoms with Crippen molar-refractivity contribution in [3.8, 4) is 5.75 Å². The number of hydrogen-bond acceptors (Lipinski definition) is 3. The molecule has 1 aromatic rings. The lowest BCUT2D eigenvalue weighted by atomic mass is 10.2. The van der Waals surface area contributed by atoms with Gasteiger partial charge in [0.05, 0.1) is 0 Å². The Kier molecular flexibility index (Phi) is 4.59. The van der Waals surface area contributed by atoms with Crippen molar-refractivity contribution in [3.05, 3.63) is 29.8 Å². The summed E-state index contributed by atoms with van der Waals surface area (Å²) in [6, 6.07) is 7.75. The highest BCUT2D eigenvalue weighted by atomic mass is 16.5. The Morgan fingerprint density at radius 1 is 1.28 bits per heavy atom. The van der Waals surface area contributed by atoms with E-state index in [2.05, 4.69) is 5.32 Å². The van der Waals surface area contributed by atoms with Crippen LogP contribution in [-0.4, -0.2) is 43.6 Å². The summed E-state index contributed by atoms with van der Waals surface area (Å²) in [4.78, 5) is 13.8. The SMILES string of the molecule is Cc1ccc(OCC(=O)N2CCCNCC2)cc1. The second-order valence-electron chi connectivity index (χ2n) is 4.59. The second kappa shape index (κ2) is 6.40. The first kappa shape index (κ1) is 12.9. The quantitative estimate of drug-likeness (QED) is 0.874. The molecule has 1 aliphatic heterocycles. The van der Waals surface area contributed by atoms with Crippen LogP contribution in [0.15, 0.2) is 24.3 Å². The molecule has 4 heteroatoms. The van der Waals surface area contributed by atoms with Crippen molar-refractivity contribution in [1.29, 1.82) is 0 Å². The zero-order valence-electron chi connectivity index (χ0n) is 10.8. The summed E-state index contributed by atoms with van der Waals surface area (Å²) in [6.07, 6.45) is 1.01. The molecule has 0 aromatic heterocycles. The molecule has 18 heavy (non-hydrogen) atoms. The molecule has 0 atom stereocenters. The van der Waals surface area contributed by atoms with Crippen molar-refractivity contribution < 1.29 is 9.53 Å². The number of carbonyl (C=O) groups is 1. The number of ether oxygens (including phenoxy) is 1. The van der Waals surface area contributed by atoms with Crippen LogP contribution in [0.3, 0.4) is 0 Å². The van der Waals surface area contributed by atoms with E-state index < -0.39 is 0 Å². The molecule has 1 heterocycles. The number of nitrogens with one attached hydrogen (secondary N) is 1. The van der Waals surface area contributed by atoms with Crippen molar-refractivity contribution in [1.82, 2.24) is 10.2 Å². The highest BCUT2D eigenvalue weighted by Gasteiger charge is 2.15. The lowest BCUT2D eigenvalue weighted by molar-refractivity contribution is -0.133. The predicted octanol–water partition coefficient (Wildman–Crippen LogP) is 1.20. The third kappa shape index (κ3) is 3.74. The van der Waals surface area contributed by atoms with Crippen molar-refractivity contribution in [2.24, 2.45) is 0 Å². The molecule has 0 aliphatic carbocycles. The standard InChI is InChI=1S/C14H20N2O2/c1-12-3-5-13(6-4-12)18-11-14(17)16-9-2-7-15-8-10-16/h3-6,15H,2,7-11H2,1H3. The van der Waals surface area contributed by atoms with E-state index in [1.807, 2.05) is 36.1 Å². The van der Waals surface area contributed by atoms with Crippen LogP contribution in [0.4, 0.5) is 0 Å². The van der Waals surface area contributed by atoms with Crippen LogP contribution in [0.1, 0.15) is 12.0 Å². The van der Waals surface area contributed by atoms with E-state index in [9.17, 15) is 4.79 Å². The van der Waals surface area contributed by atoms with Crippen LogP contribution >= 0.6 is 0 Å². The van der Waals surface area contributed by atoms with Crippen LogP contribution in [0, 0.1) is 6.92 Å². The topological polar surface area (TPSA) is 41.6 Å². The smallest absolute Gasteiger partial charge is 0.260 e. The molecule has 0 unspecified atom stereocenters. The van der Waals surface area contributed by atoms with E-state index in [0.29, 0.717) is 0 Å². The Labute approximate surface area is 108 Å². The molecule has 1 aliphatic rings. The zero-order valence-corrected chi connectivity index (χ0v) is 10.8. The maximum absolute atomic E-state index is 12.0. The number of benzene rings is 1. The summed E-state index contributed by atoms with van der Waals surface area (Å²) >= 11 is 0. The van der Waals surface area contributed by atoms with E-state index in [4.69, 9.17) is 4.74 Å². The van der Waals surface area contributed by atoms with Gasteiger partial charge < -0.3 is 15.0 Å². The fourth-order valence-corrected chi connectivity index (χ4v) is 1.97. The number of hydrogen-bond donors (Lipinski definition) is 1. The van der Waals surface area contributed by atoms with Gasteiger partial charge in [-0.05, 0) is 32.0 Å². The minimum Gasteiger partial charge on any atom is -0.484 e. The molecular formula is C14H20N2O2. The molecule has 1 saturated heterocycles. The number of rotatable bonds is 3. The van der Waals surface area contributed by atoms with Crippen molar-refractivity contribution in [2.75, 3.05) is 32.8 Å². The lowest BCUT2D eigenvalue weighted by Crippen LogP contribution is -2.37. The van der Waals surface area contributed by atoms with Crippen molar-refractivity contribution in [3.63, 3.8) is 0 Å². The molecule has 98 valence electrons. The first-order valence-electron chi connectivity index (χ1n) is 6.44. The number of aryl methyl sites for hydroxylation is 1. The molecule has 1 fully saturated rings. The van der Waals surface area contributed by atoms with Gasteiger partial charge in [-0.2, -0.15) is 0 Å². The van der Waals surface area contributed by atoms with Gasteiger partial charge in [-0.1, -0.05) is 17.7 Å². The molecule has 4 nitrogen and oxygen atoms in total. The van der Waals surface area contributed by atoms with Crippen molar-refractivity contribution >= 4 is 5.91 Å². The third-order valence-corrected chi connectivity index (χ3v) is 3.08. The summed E-state index contributed by atoms with van der Waals surface area (Å²) < 4.78 is 5.51. The fourth-order valence-electron chi connectivity index (χ4n) is 1.97. The summed E-state index contributed by atoms with van der Waals surface area (Å²) in [5.74, 6) is 0.821. The maximum Gasteiger partial charge on any atom is 0.260 e. The van der Waals surface area contributed by atoms with E-state index in [1.165, 1.54) is 5.56 Å². The highest BCUT2D eigenvalue weighted by Crippen LogP contribution is 2.11. The summed E-state index contributed by atoms with van der Waals surface area (Å²) in [5.41, 5.74) is 1.19. The highest BCUT2D eigenvalue weighted by molar-refractivity contribution is 5.77. The predicted molar refractivity (Wildman–Crippen MR) is 70.7 cm³/mol. The van der Waals surface area contributed by atoms with Gasteiger partial charge in [0.1, 0.15) is 5.75 Å². The van der Waals surface area contributed by atoms with Crippen LogP contribution in [0.25, 0.3) is 0 Å². The van der Waals surface area contributed by atoms with Gasteiger partial charge in [-0.25, -0.2) is 0 Å². The first-order valence-corrected chi connectivity index (χ1v) is 6.44. The van der Waals surface area contributed by atoms with Crippen LogP contribution in [0.2, 0.25) is 0 Å². The van der Waals surface area contributed by atoms with Gasteiger partial charge in [0.25, 0.3) is 5.91 Å². The molecule has 0 spiro atoms. The molecule has 1 aromatic carbocycles. The van der Waals surface area contributed by atoms with Crippen LogP contribution in [-0.2, 0) is 4.79 Å². The normalized spacial score (nSPS) is 16.2. The molecule has 0 radical (unpaired) electrons. The van der Waals surface area contributed by atoms with E-state index >= 15 is 0 Å². The minimum atomic E-state index is 0.0688. The Hall–Kier alpha value is -1.55. The summed E-state index contributed by atoms with van der Waals surface area (Å²) in [5, 5.41) is 3.28. The minimum absolute atomic E-state index is 0.0688. The average molecular weight is 248 g/mol. The average Bonchev–Trinajstić information content (AvgIpc) is 2.66. The van der Waals surface area contributed by atoms with Gasteiger partial charge in [0.15, 0.2) is 6.61 Å². The number of amides is 1. The largest absolute Gasteiger partial charge is 0.484 e. The zero-order chi connectivity index (χ0) is 12.8. The van der Waals surface area contributed by atoms with Crippen LogP contribution < -0.4 is 10.1 Å². The second-order valence-corrected chi connectivity index (χ2v) is 4.59. The van der Waals surface area contributed by atoms with E-state index in [0.717, 1.165) is 38.3 Å². The monoisotopic (exact) mass is 248 g/mol. The first-order chi connectivity index (χ1) is 8.75. The molecule has 1 N–H and O–H groups in total. The number of carbonyl (C=O) groups excluding carboxylic acids is 1. The Bertz CT molecular complexity index is 381. The molecular weight excluding hydrogens is 228 g/mol. The molecule has 2 rings (SSSR count). The van der Waals surface area contributed by atoms with E-state index in [1.54, 1.807) is 0 Å². The van der Waals surface area contributed by atoms with Gasteiger partial charge in [-0.3, -0.25) is 4.79 Å². The molecule has 0 saturated carbocycles. The maximum atomic E-state index is 12.0. The number of nitrogens with zero attached hydrogens (tertiary/aromatic N) is 1. The fraction of sp³-hybridized carbons (Fsp3) is 0.500. The Morgan fingerprint density at radius 2 is 2.06 bits per heavy atom.